The van der Waals surface area contributed by atoms with Crippen molar-refractivity contribution in [2.45, 2.75) is 37.7 Å². The molecule has 1 fully saturated rings. The Morgan fingerprint density at radius 2 is 2.12 bits per heavy atom. The van der Waals surface area contributed by atoms with Crippen LogP contribution in [0.1, 0.15) is 31.7 Å². The zero-order chi connectivity index (χ0) is 19.0. The number of guanidine groups is 1. The second-order valence-electron chi connectivity index (χ2n) is 7.27. The van der Waals surface area contributed by atoms with Crippen molar-refractivity contribution < 1.29 is 4.74 Å². The van der Waals surface area contributed by atoms with Crippen LogP contribution < -0.4 is 10.6 Å². The van der Waals surface area contributed by atoms with Crippen molar-refractivity contribution in [3.63, 3.8) is 0 Å². The number of benzene rings is 1. The van der Waals surface area contributed by atoms with Crippen LogP contribution in [0.15, 0.2) is 29.3 Å². The van der Waals surface area contributed by atoms with Gasteiger partial charge >= 0.3 is 0 Å². The zero-order valence-electron chi connectivity index (χ0n) is 16.5. The van der Waals surface area contributed by atoms with E-state index in [0.717, 1.165) is 43.6 Å². The van der Waals surface area contributed by atoms with E-state index >= 15 is 0 Å². The highest BCUT2D eigenvalue weighted by atomic mass is 35.5. The summed E-state index contributed by atoms with van der Waals surface area (Å²) in [5.41, 5.74) is 1.50. The molecule has 0 bridgehead atoms. The van der Waals surface area contributed by atoms with Crippen molar-refractivity contribution in [1.82, 2.24) is 15.5 Å². The molecule has 1 aromatic rings. The standard InChI is InChI=1S/C20H33ClN4O/c1-5-26-18(9-12-25(3)4)14-23-19(22-2)24-15-20(10-11-20)16-7-6-8-17(21)13-16/h6-8,13,18H,5,9-12,14-15H2,1-4H3,(H2,22,23,24). The smallest absolute Gasteiger partial charge is 0.191 e. The maximum absolute atomic E-state index is 6.16. The number of halogens is 1. The van der Waals surface area contributed by atoms with E-state index in [1.54, 1.807) is 0 Å². The minimum Gasteiger partial charge on any atom is -0.377 e. The molecule has 0 radical (unpaired) electrons. The maximum Gasteiger partial charge on any atom is 0.191 e. The Hall–Kier alpha value is -1.30. The highest BCUT2D eigenvalue weighted by molar-refractivity contribution is 6.30. The summed E-state index contributed by atoms with van der Waals surface area (Å²) in [6, 6.07) is 8.21. The van der Waals surface area contributed by atoms with Gasteiger partial charge in [0.25, 0.3) is 0 Å². The number of ether oxygens (including phenoxy) is 1. The molecule has 26 heavy (non-hydrogen) atoms. The minimum atomic E-state index is 0.184. The van der Waals surface area contributed by atoms with Crippen molar-refractivity contribution in [1.29, 1.82) is 0 Å². The third kappa shape index (κ3) is 6.45. The SMILES string of the molecule is CCOC(CCN(C)C)CNC(=NC)NCC1(c2cccc(Cl)c2)CC1. The third-order valence-corrected chi connectivity index (χ3v) is 5.14. The molecule has 1 aliphatic carbocycles. The fraction of sp³-hybridized carbons (Fsp3) is 0.650. The van der Waals surface area contributed by atoms with Crippen LogP contribution in [-0.2, 0) is 10.2 Å². The van der Waals surface area contributed by atoms with E-state index in [9.17, 15) is 0 Å². The number of hydrogen-bond acceptors (Lipinski definition) is 3. The Kier molecular flexibility index (Phi) is 8.19. The molecular formula is C20H33ClN4O. The summed E-state index contributed by atoms with van der Waals surface area (Å²) < 4.78 is 5.84. The van der Waals surface area contributed by atoms with Crippen LogP contribution in [0.25, 0.3) is 0 Å². The summed E-state index contributed by atoms with van der Waals surface area (Å²) in [5.74, 6) is 0.827. The van der Waals surface area contributed by atoms with Gasteiger partial charge in [0, 0.05) is 43.7 Å². The zero-order valence-corrected chi connectivity index (χ0v) is 17.3. The molecule has 0 heterocycles. The molecule has 0 amide bonds. The fourth-order valence-corrected chi connectivity index (χ4v) is 3.29. The normalized spacial score (nSPS) is 17.2. The molecule has 2 rings (SSSR count). The van der Waals surface area contributed by atoms with Gasteiger partial charge in [-0.15, -0.1) is 0 Å². The molecule has 0 aromatic heterocycles. The topological polar surface area (TPSA) is 48.9 Å². The van der Waals surface area contributed by atoms with Gasteiger partial charge in [-0.25, -0.2) is 0 Å². The predicted molar refractivity (Wildman–Crippen MR) is 110 cm³/mol. The number of hydrogen-bond donors (Lipinski definition) is 2. The van der Waals surface area contributed by atoms with Crippen molar-refractivity contribution in [3.8, 4) is 0 Å². The van der Waals surface area contributed by atoms with Gasteiger partial charge in [0.1, 0.15) is 0 Å². The van der Waals surface area contributed by atoms with E-state index in [0.29, 0.717) is 0 Å². The molecule has 2 N–H and O–H groups in total. The lowest BCUT2D eigenvalue weighted by Crippen LogP contribution is -2.44. The summed E-state index contributed by atoms with van der Waals surface area (Å²) in [4.78, 5) is 6.54. The van der Waals surface area contributed by atoms with Gasteiger partial charge < -0.3 is 20.3 Å². The van der Waals surface area contributed by atoms with Crippen LogP contribution >= 0.6 is 11.6 Å². The second-order valence-corrected chi connectivity index (χ2v) is 7.70. The first kappa shape index (κ1) is 21.0. The number of nitrogens with one attached hydrogen (secondary N) is 2. The van der Waals surface area contributed by atoms with Crippen LogP contribution in [0.3, 0.4) is 0 Å². The first-order valence-corrected chi connectivity index (χ1v) is 9.84. The van der Waals surface area contributed by atoms with Crippen molar-refractivity contribution in [2.24, 2.45) is 4.99 Å². The van der Waals surface area contributed by atoms with Crippen LogP contribution in [0.2, 0.25) is 5.02 Å². The summed E-state index contributed by atoms with van der Waals surface area (Å²) in [5, 5.41) is 7.70. The van der Waals surface area contributed by atoms with Crippen LogP contribution in [-0.4, -0.2) is 64.3 Å². The van der Waals surface area contributed by atoms with E-state index in [-0.39, 0.29) is 11.5 Å². The molecular weight excluding hydrogens is 348 g/mol. The second kappa shape index (κ2) is 10.1. The quantitative estimate of drug-likeness (QED) is 0.484. The van der Waals surface area contributed by atoms with E-state index in [1.165, 1.54) is 18.4 Å². The van der Waals surface area contributed by atoms with Gasteiger partial charge in [0.05, 0.1) is 6.10 Å². The van der Waals surface area contributed by atoms with Gasteiger partial charge in [0.2, 0.25) is 0 Å². The van der Waals surface area contributed by atoms with Crippen LogP contribution in [0.4, 0.5) is 0 Å². The van der Waals surface area contributed by atoms with Crippen molar-refractivity contribution in [3.05, 3.63) is 34.9 Å². The van der Waals surface area contributed by atoms with E-state index in [4.69, 9.17) is 16.3 Å². The number of aliphatic imine (C=N–C) groups is 1. The van der Waals surface area contributed by atoms with Gasteiger partial charge in [-0.2, -0.15) is 0 Å². The number of rotatable bonds is 10. The molecule has 1 atom stereocenters. The molecule has 1 aliphatic rings. The Bertz CT molecular complexity index is 587. The largest absolute Gasteiger partial charge is 0.377 e. The maximum atomic E-state index is 6.16. The van der Waals surface area contributed by atoms with Crippen molar-refractivity contribution >= 4 is 17.6 Å². The lowest BCUT2D eigenvalue weighted by molar-refractivity contribution is 0.0548. The Morgan fingerprint density at radius 1 is 1.35 bits per heavy atom. The van der Waals surface area contributed by atoms with Gasteiger partial charge in [-0.1, -0.05) is 23.7 Å². The lowest BCUT2D eigenvalue weighted by atomic mass is 9.96. The molecule has 6 heteroatoms. The summed E-state index contributed by atoms with van der Waals surface area (Å²) >= 11 is 6.16. The Morgan fingerprint density at radius 3 is 2.69 bits per heavy atom. The van der Waals surface area contributed by atoms with Gasteiger partial charge in [0.15, 0.2) is 5.96 Å². The molecule has 1 aromatic carbocycles. The summed E-state index contributed by atoms with van der Waals surface area (Å²) in [7, 11) is 5.98. The van der Waals surface area contributed by atoms with Crippen molar-refractivity contribution in [2.75, 3.05) is 47.4 Å². The molecule has 1 saturated carbocycles. The first-order valence-electron chi connectivity index (χ1n) is 9.46. The summed E-state index contributed by atoms with van der Waals surface area (Å²) in [6.07, 6.45) is 3.55. The average molecular weight is 381 g/mol. The minimum absolute atomic E-state index is 0.184. The average Bonchev–Trinajstić information content (AvgIpc) is 3.40. The van der Waals surface area contributed by atoms with E-state index in [1.807, 2.05) is 26.1 Å². The molecule has 0 saturated heterocycles. The van der Waals surface area contributed by atoms with Gasteiger partial charge in [-0.3, -0.25) is 4.99 Å². The highest BCUT2D eigenvalue weighted by Gasteiger charge is 2.44. The van der Waals surface area contributed by atoms with Gasteiger partial charge in [-0.05, 0) is 58.0 Å². The number of nitrogens with zero attached hydrogens (tertiary/aromatic N) is 2. The third-order valence-electron chi connectivity index (χ3n) is 4.91. The molecule has 0 aliphatic heterocycles. The lowest BCUT2D eigenvalue weighted by Gasteiger charge is -2.23. The van der Waals surface area contributed by atoms with Crippen LogP contribution in [0.5, 0.6) is 0 Å². The predicted octanol–water partition coefficient (Wildman–Crippen LogP) is 2.89. The summed E-state index contributed by atoms with van der Waals surface area (Å²) in [6.45, 7) is 5.40. The van der Waals surface area contributed by atoms with E-state index in [2.05, 4.69) is 46.8 Å². The Balaban J connectivity index is 1.83. The van der Waals surface area contributed by atoms with Crippen LogP contribution in [0, 0.1) is 0 Å². The highest BCUT2D eigenvalue weighted by Crippen LogP contribution is 2.48. The molecule has 5 nitrogen and oxygen atoms in total. The molecule has 0 spiro atoms. The molecule has 1 unspecified atom stereocenters. The monoisotopic (exact) mass is 380 g/mol. The molecule has 146 valence electrons. The first-order chi connectivity index (χ1) is 12.5. The Labute approximate surface area is 163 Å². The fourth-order valence-electron chi connectivity index (χ4n) is 3.10. The van der Waals surface area contributed by atoms with E-state index < -0.39 is 0 Å².